The standard InChI is InChI=1S/C29H25NO8/c1-34-21-9-5-17(13-23(21)35-2)26-25(27(31)18-6-8-20-16(12-18)4-3-11-36-20)28(32)29(33)30(26)19-7-10-22-24(14-19)38-15-37-22/h5-10,12-14,26,31H,3-4,11,15H2,1-2H3/b27-25+. The van der Waals surface area contributed by atoms with Crippen molar-refractivity contribution < 1.29 is 38.4 Å². The Labute approximate surface area is 218 Å². The van der Waals surface area contributed by atoms with Gasteiger partial charge in [-0.1, -0.05) is 6.07 Å². The second-order valence-electron chi connectivity index (χ2n) is 9.10. The molecule has 3 aliphatic heterocycles. The van der Waals surface area contributed by atoms with Crippen molar-refractivity contribution in [2.45, 2.75) is 18.9 Å². The maximum absolute atomic E-state index is 13.5. The van der Waals surface area contributed by atoms with Crippen molar-refractivity contribution in [3.05, 3.63) is 76.9 Å². The van der Waals surface area contributed by atoms with Gasteiger partial charge in [-0.2, -0.15) is 0 Å². The molecule has 1 atom stereocenters. The molecule has 38 heavy (non-hydrogen) atoms. The van der Waals surface area contributed by atoms with Crippen molar-refractivity contribution in [1.82, 2.24) is 0 Å². The Bertz CT molecular complexity index is 1490. The van der Waals surface area contributed by atoms with Crippen LogP contribution in [0.2, 0.25) is 0 Å². The number of benzene rings is 3. The molecule has 0 radical (unpaired) electrons. The number of aryl methyl sites for hydroxylation is 1. The first-order chi connectivity index (χ1) is 18.5. The van der Waals surface area contributed by atoms with Gasteiger partial charge in [0.05, 0.1) is 32.4 Å². The van der Waals surface area contributed by atoms with E-state index in [0.29, 0.717) is 46.4 Å². The molecule has 0 saturated carbocycles. The van der Waals surface area contributed by atoms with E-state index in [1.54, 1.807) is 48.5 Å². The van der Waals surface area contributed by atoms with E-state index in [-0.39, 0.29) is 18.1 Å². The molecule has 0 aliphatic carbocycles. The molecule has 0 spiro atoms. The summed E-state index contributed by atoms with van der Waals surface area (Å²) in [5.74, 6) is 0.845. The highest BCUT2D eigenvalue weighted by atomic mass is 16.7. The first-order valence-electron chi connectivity index (χ1n) is 12.2. The summed E-state index contributed by atoms with van der Waals surface area (Å²) < 4.78 is 27.5. The molecular weight excluding hydrogens is 490 g/mol. The van der Waals surface area contributed by atoms with Gasteiger partial charge in [0.1, 0.15) is 11.5 Å². The Morgan fingerprint density at radius 3 is 2.50 bits per heavy atom. The zero-order valence-electron chi connectivity index (χ0n) is 20.9. The summed E-state index contributed by atoms with van der Waals surface area (Å²) >= 11 is 0. The molecule has 194 valence electrons. The number of hydrogen-bond donors (Lipinski definition) is 1. The van der Waals surface area contributed by atoms with Crippen LogP contribution in [0.1, 0.15) is 29.2 Å². The number of fused-ring (bicyclic) bond motifs is 2. The Kier molecular flexibility index (Phi) is 5.83. The lowest BCUT2D eigenvalue weighted by molar-refractivity contribution is -0.132. The molecule has 0 aromatic heterocycles. The van der Waals surface area contributed by atoms with Gasteiger partial charge in [0.15, 0.2) is 23.0 Å². The van der Waals surface area contributed by atoms with Gasteiger partial charge in [-0.05, 0) is 66.4 Å². The lowest BCUT2D eigenvalue weighted by atomic mass is 9.93. The Morgan fingerprint density at radius 1 is 0.895 bits per heavy atom. The number of hydrogen-bond acceptors (Lipinski definition) is 8. The van der Waals surface area contributed by atoms with Crippen LogP contribution >= 0.6 is 0 Å². The number of nitrogens with zero attached hydrogens (tertiary/aromatic N) is 1. The summed E-state index contributed by atoms with van der Waals surface area (Å²) in [6.07, 6.45) is 1.65. The van der Waals surface area contributed by atoms with Crippen LogP contribution in [-0.4, -0.2) is 44.4 Å². The van der Waals surface area contributed by atoms with Crippen LogP contribution in [0.3, 0.4) is 0 Å². The zero-order valence-corrected chi connectivity index (χ0v) is 20.9. The van der Waals surface area contributed by atoms with Gasteiger partial charge < -0.3 is 28.8 Å². The minimum atomic E-state index is -0.942. The third-order valence-corrected chi connectivity index (χ3v) is 6.98. The van der Waals surface area contributed by atoms with Crippen molar-refractivity contribution in [3.8, 4) is 28.7 Å². The fourth-order valence-corrected chi connectivity index (χ4v) is 5.14. The highest BCUT2D eigenvalue weighted by Gasteiger charge is 2.47. The van der Waals surface area contributed by atoms with Gasteiger partial charge in [0.2, 0.25) is 6.79 Å². The Hall–Kier alpha value is -4.66. The van der Waals surface area contributed by atoms with E-state index in [1.807, 2.05) is 6.07 Å². The monoisotopic (exact) mass is 515 g/mol. The summed E-state index contributed by atoms with van der Waals surface area (Å²) in [6, 6.07) is 14.5. The predicted octanol–water partition coefficient (Wildman–Crippen LogP) is 4.38. The molecule has 1 saturated heterocycles. The molecule has 3 aliphatic rings. The summed E-state index contributed by atoms with van der Waals surface area (Å²) in [4.78, 5) is 28.4. The second kappa shape index (κ2) is 9.33. The van der Waals surface area contributed by atoms with E-state index >= 15 is 0 Å². The summed E-state index contributed by atoms with van der Waals surface area (Å²) in [5, 5.41) is 11.5. The molecule has 1 unspecified atom stereocenters. The van der Waals surface area contributed by atoms with E-state index in [9.17, 15) is 14.7 Å². The van der Waals surface area contributed by atoms with Crippen LogP contribution in [-0.2, 0) is 16.0 Å². The molecule has 1 fully saturated rings. The average molecular weight is 516 g/mol. The predicted molar refractivity (Wildman–Crippen MR) is 137 cm³/mol. The van der Waals surface area contributed by atoms with Crippen LogP contribution in [0.25, 0.3) is 5.76 Å². The number of carbonyl (C=O) groups is 2. The van der Waals surface area contributed by atoms with Crippen molar-refractivity contribution in [2.24, 2.45) is 0 Å². The number of carbonyl (C=O) groups excluding carboxylic acids is 2. The van der Waals surface area contributed by atoms with Crippen LogP contribution in [0.5, 0.6) is 28.7 Å². The summed E-state index contributed by atoms with van der Waals surface area (Å²) in [7, 11) is 3.03. The van der Waals surface area contributed by atoms with Crippen LogP contribution < -0.4 is 28.6 Å². The lowest BCUT2D eigenvalue weighted by Gasteiger charge is -2.26. The van der Waals surface area contributed by atoms with Gasteiger partial charge in [0.25, 0.3) is 11.7 Å². The Balaban J connectivity index is 1.54. The molecule has 9 nitrogen and oxygen atoms in total. The molecule has 6 rings (SSSR count). The molecule has 9 heteroatoms. The SMILES string of the molecule is COc1ccc(C2/C(=C(\O)c3ccc4c(c3)CCCO4)C(=O)C(=O)N2c2ccc3c(c2)OCO3)cc1OC. The number of methoxy groups -OCH3 is 2. The number of rotatable bonds is 5. The molecule has 0 bridgehead atoms. The fraction of sp³-hybridized carbons (Fsp3) is 0.241. The molecule has 1 N–H and O–H groups in total. The molecule has 3 heterocycles. The van der Waals surface area contributed by atoms with E-state index in [0.717, 1.165) is 24.2 Å². The van der Waals surface area contributed by atoms with Gasteiger partial charge in [-0.15, -0.1) is 0 Å². The number of Topliss-reactive ketones (excluding diaryl/α,β-unsaturated/α-hetero) is 1. The topological polar surface area (TPSA) is 104 Å². The lowest BCUT2D eigenvalue weighted by Crippen LogP contribution is -2.29. The molecule has 1 amide bonds. The van der Waals surface area contributed by atoms with E-state index in [2.05, 4.69) is 0 Å². The normalized spacial score (nSPS) is 19.2. The van der Waals surface area contributed by atoms with Crippen molar-refractivity contribution >= 4 is 23.1 Å². The number of ketones is 1. The summed E-state index contributed by atoms with van der Waals surface area (Å²) in [6.45, 7) is 0.705. The van der Waals surface area contributed by atoms with E-state index < -0.39 is 17.7 Å². The number of amides is 1. The fourth-order valence-electron chi connectivity index (χ4n) is 5.14. The maximum atomic E-state index is 13.5. The van der Waals surface area contributed by atoms with Gasteiger partial charge in [0, 0.05) is 17.3 Å². The van der Waals surface area contributed by atoms with Crippen molar-refractivity contribution in [3.63, 3.8) is 0 Å². The van der Waals surface area contributed by atoms with E-state index in [4.69, 9.17) is 23.7 Å². The molecule has 3 aromatic carbocycles. The van der Waals surface area contributed by atoms with Crippen LogP contribution in [0.4, 0.5) is 5.69 Å². The van der Waals surface area contributed by atoms with Gasteiger partial charge in [-0.3, -0.25) is 14.5 Å². The highest BCUT2D eigenvalue weighted by molar-refractivity contribution is 6.51. The third-order valence-electron chi connectivity index (χ3n) is 6.98. The largest absolute Gasteiger partial charge is 0.507 e. The first-order valence-corrected chi connectivity index (χ1v) is 12.2. The summed E-state index contributed by atoms with van der Waals surface area (Å²) in [5.41, 5.74) is 2.32. The highest BCUT2D eigenvalue weighted by Crippen LogP contribution is 2.46. The van der Waals surface area contributed by atoms with E-state index in [1.165, 1.54) is 19.1 Å². The number of aliphatic hydroxyl groups is 1. The minimum Gasteiger partial charge on any atom is -0.507 e. The van der Waals surface area contributed by atoms with Crippen molar-refractivity contribution in [1.29, 1.82) is 0 Å². The zero-order chi connectivity index (χ0) is 26.4. The number of anilines is 1. The average Bonchev–Trinajstić information content (AvgIpc) is 3.53. The minimum absolute atomic E-state index is 0.0310. The third kappa shape index (κ3) is 3.78. The van der Waals surface area contributed by atoms with Crippen LogP contribution in [0, 0.1) is 0 Å². The quantitative estimate of drug-likeness (QED) is 0.303. The van der Waals surface area contributed by atoms with Crippen LogP contribution in [0.15, 0.2) is 60.2 Å². The first kappa shape index (κ1) is 23.7. The Morgan fingerprint density at radius 2 is 1.68 bits per heavy atom. The van der Waals surface area contributed by atoms with Gasteiger partial charge >= 0.3 is 0 Å². The molecule has 3 aromatic rings. The molecular formula is C29H25NO8. The van der Waals surface area contributed by atoms with Crippen molar-refractivity contribution in [2.75, 3.05) is 32.5 Å². The van der Waals surface area contributed by atoms with Gasteiger partial charge in [-0.25, -0.2) is 0 Å². The smallest absolute Gasteiger partial charge is 0.300 e. The number of ether oxygens (including phenoxy) is 5. The second-order valence-corrected chi connectivity index (χ2v) is 9.10. The number of aliphatic hydroxyl groups excluding tert-OH is 1. The maximum Gasteiger partial charge on any atom is 0.300 e.